The van der Waals surface area contributed by atoms with Gasteiger partial charge in [-0.1, -0.05) is 6.92 Å². The Bertz CT molecular complexity index is 803. The minimum atomic E-state index is 0.0339. The molecule has 0 bridgehead atoms. The van der Waals surface area contributed by atoms with E-state index in [2.05, 4.69) is 39.8 Å². The highest BCUT2D eigenvalue weighted by Gasteiger charge is 2.16. The molecule has 0 atom stereocenters. The van der Waals surface area contributed by atoms with E-state index in [-0.39, 0.29) is 5.69 Å². The molecule has 0 saturated heterocycles. The van der Waals surface area contributed by atoms with Gasteiger partial charge in [0.05, 0.1) is 6.54 Å². The van der Waals surface area contributed by atoms with Crippen molar-refractivity contribution in [3.63, 3.8) is 0 Å². The first kappa shape index (κ1) is 18.7. The molecule has 2 aromatic heterocycles. The van der Waals surface area contributed by atoms with Crippen LogP contribution in [0, 0.1) is 0 Å². The molecule has 0 spiro atoms. The van der Waals surface area contributed by atoms with Crippen molar-refractivity contribution in [2.24, 2.45) is 4.99 Å². The van der Waals surface area contributed by atoms with Crippen molar-refractivity contribution in [1.82, 2.24) is 25.0 Å². The van der Waals surface area contributed by atoms with Crippen LogP contribution in [0.25, 0.3) is 0 Å². The van der Waals surface area contributed by atoms with Crippen molar-refractivity contribution in [3.8, 4) is 0 Å². The molecule has 26 heavy (non-hydrogen) atoms. The SMILES string of the molecule is CCc1ccc(CNC(=NC)NCCCn2nc3n(c2=O)CCCC3)s1. The van der Waals surface area contributed by atoms with Gasteiger partial charge in [-0.15, -0.1) is 11.3 Å². The highest BCUT2D eigenvalue weighted by atomic mass is 32.1. The zero-order valence-electron chi connectivity index (χ0n) is 15.6. The molecule has 3 heterocycles. The topological polar surface area (TPSA) is 76.2 Å². The van der Waals surface area contributed by atoms with Crippen molar-refractivity contribution in [3.05, 3.63) is 38.2 Å². The predicted octanol–water partition coefficient (Wildman–Crippen LogP) is 1.76. The maximum Gasteiger partial charge on any atom is 0.345 e. The molecule has 142 valence electrons. The minimum Gasteiger partial charge on any atom is -0.356 e. The third kappa shape index (κ3) is 4.55. The lowest BCUT2D eigenvalue weighted by molar-refractivity contribution is 0.509. The molecule has 1 aliphatic heterocycles. The third-order valence-electron chi connectivity index (χ3n) is 4.59. The van der Waals surface area contributed by atoms with Crippen LogP contribution < -0.4 is 16.3 Å². The molecule has 2 aromatic rings. The summed E-state index contributed by atoms with van der Waals surface area (Å²) in [7, 11) is 1.77. The van der Waals surface area contributed by atoms with Crippen LogP contribution in [0.1, 0.15) is 41.8 Å². The fraction of sp³-hybridized carbons (Fsp3) is 0.611. The number of hydrogen-bond donors (Lipinski definition) is 2. The molecule has 3 rings (SSSR count). The van der Waals surface area contributed by atoms with Gasteiger partial charge in [0.1, 0.15) is 5.82 Å². The van der Waals surface area contributed by atoms with Gasteiger partial charge in [-0.2, -0.15) is 5.10 Å². The molecule has 0 fully saturated rings. The Hall–Kier alpha value is -2.09. The summed E-state index contributed by atoms with van der Waals surface area (Å²) in [5, 5.41) is 11.1. The molecule has 0 aliphatic carbocycles. The Morgan fingerprint density at radius 3 is 2.88 bits per heavy atom. The lowest BCUT2D eigenvalue weighted by Gasteiger charge is -2.11. The molecule has 0 saturated carbocycles. The van der Waals surface area contributed by atoms with Gasteiger partial charge in [0.2, 0.25) is 0 Å². The number of hydrogen-bond acceptors (Lipinski definition) is 4. The first-order valence-electron chi connectivity index (χ1n) is 9.40. The number of nitrogens with one attached hydrogen (secondary N) is 2. The van der Waals surface area contributed by atoms with Crippen LogP contribution in [-0.4, -0.2) is 33.9 Å². The molecule has 0 unspecified atom stereocenters. The summed E-state index contributed by atoms with van der Waals surface area (Å²) in [5.74, 6) is 1.72. The Morgan fingerprint density at radius 1 is 1.31 bits per heavy atom. The Kier molecular flexibility index (Phi) is 6.49. The fourth-order valence-corrected chi connectivity index (χ4v) is 4.03. The number of rotatable bonds is 7. The lowest BCUT2D eigenvalue weighted by Crippen LogP contribution is -2.37. The second kappa shape index (κ2) is 9.02. The molecule has 8 heteroatoms. The van der Waals surface area contributed by atoms with Gasteiger partial charge in [-0.25, -0.2) is 9.48 Å². The second-order valence-corrected chi connectivity index (χ2v) is 7.71. The van der Waals surface area contributed by atoms with E-state index < -0.39 is 0 Å². The van der Waals surface area contributed by atoms with Crippen molar-refractivity contribution < 1.29 is 0 Å². The van der Waals surface area contributed by atoms with E-state index in [1.165, 1.54) is 9.75 Å². The summed E-state index contributed by atoms with van der Waals surface area (Å²) in [4.78, 5) is 19.3. The van der Waals surface area contributed by atoms with Crippen LogP contribution >= 0.6 is 11.3 Å². The summed E-state index contributed by atoms with van der Waals surface area (Å²) in [6.07, 6.45) is 5.03. The van der Waals surface area contributed by atoms with Crippen molar-refractivity contribution in [2.45, 2.75) is 58.7 Å². The first-order valence-corrected chi connectivity index (χ1v) is 10.2. The lowest BCUT2D eigenvalue weighted by atomic mass is 10.2. The van der Waals surface area contributed by atoms with Gasteiger partial charge in [0.25, 0.3) is 0 Å². The number of guanidine groups is 1. The number of nitrogens with zero attached hydrogens (tertiary/aromatic N) is 4. The average Bonchev–Trinajstić information content (AvgIpc) is 3.26. The van der Waals surface area contributed by atoms with E-state index in [0.717, 1.165) is 63.5 Å². The Morgan fingerprint density at radius 2 is 2.15 bits per heavy atom. The second-order valence-electron chi connectivity index (χ2n) is 6.46. The van der Waals surface area contributed by atoms with E-state index in [0.29, 0.717) is 6.54 Å². The maximum absolute atomic E-state index is 12.3. The van der Waals surface area contributed by atoms with Gasteiger partial charge in [0, 0.05) is 42.9 Å². The number of fused-ring (bicyclic) bond motifs is 1. The predicted molar refractivity (Wildman–Crippen MR) is 106 cm³/mol. The van der Waals surface area contributed by atoms with Crippen LogP contribution in [0.15, 0.2) is 21.9 Å². The summed E-state index contributed by atoms with van der Waals surface area (Å²) < 4.78 is 3.43. The van der Waals surface area contributed by atoms with E-state index in [1.807, 2.05) is 15.9 Å². The largest absolute Gasteiger partial charge is 0.356 e. The normalized spacial score (nSPS) is 14.3. The van der Waals surface area contributed by atoms with Crippen molar-refractivity contribution >= 4 is 17.3 Å². The number of thiophene rings is 1. The van der Waals surface area contributed by atoms with Crippen LogP contribution in [-0.2, 0) is 32.5 Å². The van der Waals surface area contributed by atoms with Gasteiger partial charge in [0.15, 0.2) is 5.96 Å². The quantitative estimate of drug-likeness (QED) is 0.439. The monoisotopic (exact) mass is 376 g/mol. The number of aromatic nitrogens is 3. The van der Waals surface area contributed by atoms with Gasteiger partial charge in [-0.05, 0) is 37.8 Å². The van der Waals surface area contributed by atoms with Gasteiger partial charge < -0.3 is 10.6 Å². The standard InChI is InChI=1S/C18H28N6OS/c1-3-14-8-9-15(26-14)13-21-17(19-2)20-10-6-12-24-18(25)23-11-5-4-7-16(23)22-24/h8-9H,3-7,10-13H2,1-2H3,(H2,19,20,21). The van der Waals surface area contributed by atoms with Crippen LogP contribution in [0.4, 0.5) is 0 Å². The fourth-order valence-electron chi connectivity index (χ4n) is 3.13. The highest BCUT2D eigenvalue weighted by molar-refractivity contribution is 7.11. The van der Waals surface area contributed by atoms with Gasteiger partial charge >= 0.3 is 5.69 Å². The molecular formula is C18H28N6OS. The smallest absolute Gasteiger partial charge is 0.345 e. The van der Waals surface area contributed by atoms with Crippen LogP contribution in [0.5, 0.6) is 0 Å². The molecular weight excluding hydrogens is 348 g/mol. The molecule has 0 radical (unpaired) electrons. The molecule has 2 N–H and O–H groups in total. The maximum atomic E-state index is 12.3. The zero-order valence-corrected chi connectivity index (χ0v) is 16.4. The Balaban J connectivity index is 1.42. The summed E-state index contributed by atoms with van der Waals surface area (Å²) in [5.41, 5.74) is 0.0339. The third-order valence-corrected chi connectivity index (χ3v) is 5.82. The van der Waals surface area contributed by atoms with Gasteiger partial charge in [-0.3, -0.25) is 9.56 Å². The first-order chi connectivity index (χ1) is 12.7. The molecule has 0 aromatic carbocycles. The van der Waals surface area contributed by atoms with E-state index >= 15 is 0 Å². The number of aliphatic imine (C=N–C) groups is 1. The zero-order chi connectivity index (χ0) is 18.4. The number of aryl methyl sites for hydroxylation is 3. The molecule has 1 aliphatic rings. The van der Waals surface area contributed by atoms with E-state index in [1.54, 1.807) is 11.7 Å². The molecule has 0 amide bonds. The summed E-state index contributed by atoms with van der Waals surface area (Å²) >= 11 is 1.83. The van der Waals surface area contributed by atoms with Crippen molar-refractivity contribution in [2.75, 3.05) is 13.6 Å². The molecule has 7 nitrogen and oxygen atoms in total. The average molecular weight is 377 g/mol. The van der Waals surface area contributed by atoms with Crippen LogP contribution in [0.2, 0.25) is 0 Å². The Labute approximate surface area is 158 Å². The summed E-state index contributed by atoms with van der Waals surface area (Å²) in [6.45, 7) is 5.14. The van der Waals surface area contributed by atoms with E-state index in [9.17, 15) is 4.79 Å². The highest BCUT2D eigenvalue weighted by Crippen LogP contribution is 2.16. The minimum absolute atomic E-state index is 0.0339. The summed E-state index contributed by atoms with van der Waals surface area (Å²) in [6, 6.07) is 4.34. The van der Waals surface area contributed by atoms with E-state index in [4.69, 9.17) is 0 Å². The van der Waals surface area contributed by atoms with Crippen molar-refractivity contribution in [1.29, 1.82) is 0 Å². The van der Waals surface area contributed by atoms with Crippen LogP contribution in [0.3, 0.4) is 0 Å².